The van der Waals surface area contributed by atoms with Crippen LogP contribution in [0.5, 0.6) is 0 Å². The monoisotopic (exact) mass is 327 g/mol. The van der Waals surface area contributed by atoms with Crippen LogP contribution >= 0.6 is 0 Å². The molecular weight excluding hydrogens is 302 g/mol. The van der Waals surface area contributed by atoms with E-state index in [0.29, 0.717) is 0 Å². The fraction of sp³-hybridized carbons (Fsp3) is 0.556. The fourth-order valence-electron chi connectivity index (χ4n) is 3.63. The maximum atomic E-state index is 5.44. The minimum Gasteiger partial charge on any atom is -0.338 e. The second-order valence-corrected chi connectivity index (χ2v) is 6.73. The van der Waals surface area contributed by atoms with E-state index in [4.69, 9.17) is 4.52 Å². The van der Waals surface area contributed by atoms with Gasteiger partial charge in [0, 0.05) is 45.2 Å². The van der Waals surface area contributed by atoms with Crippen molar-refractivity contribution in [3.05, 3.63) is 47.6 Å². The summed E-state index contributed by atoms with van der Waals surface area (Å²) in [6.07, 6.45) is 2.01. The molecule has 0 amide bonds. The topological polar surface area (TPSA) is 57.4 Å². The molecule has 2 saturated heterocycles. The molecule has 1 N–H and O–H groups in total. The van der Waals surface area contributed by atoms with Crippen LogP contribution in [-0.4, -0.2) is 65.3 Å². The first-order valence-corrected chi connectivity index (χ1v) is 8.89. The first-order chi connectivity index (χ1) is 11.9. The number of rotatable bonds is 5. The van der Waals surface area contributed by atoms with Gasteiger partial charge < -0.3 is 9.84 Å². The molecule has 4 rings (SSSR count). The number of piperazine rings is 1. The van der Waals surface area contributed by atoms with Gasteiger partial charge in [0.15, 0.2) is 5.82 Å². The molecule has 0 bridgehead atoms. The highest BCUT2D eigenvalue weighted by Gasteiger charge is 2.26. The van der Waals surface area contributed by atoms with Crippen LogP contribution in [0.2, 0.25) is 0 Å². The summed E-state index contributed by atoms with van der Waals surface area (Å²) in [5, 5.41) is 7.58. The van der Waals surface area contributed by atoms with Crippen molar-refractivity contribution >= 4 is 0 Å². The van der Waals surface area contributed by atoms with E-state index in [0.717, 1.165) is 70.0 Å². The van der Waals surface area contributed by atoms with Crippen molar-refractivity contribution in [1.29, 1.82) is 0 Å². The van der Waals surface area contributed by atoms with Crippen molar-refractivity contribution < 1.29 is 4.52 Å². The van der Waals surface area contributed by atoms with Gasteiger partial charge in [-0.25, -0.2) is 0 Å². The Morgan fingerprint density at radius 2 is 1.96 bits per heavy atom. The van der Waals surface area contributed by atoms with E-state index < -0.39 is 0 Å². The van der Waals surface area contributed by atoms with Crippen molar-refractivity contribution in [2.24, 2.45) is 0 Å². The van der Waals surface area contributed by atoms with Crippen molar-refractivity contribution in [2.75, 3.05) is 39.3 Å². The van der Waals surface area contributed by atoms with E-state index >= 15 is 0 Å². The summed E-state index contributed by atoms with van der Waals surface area (Å²) < 4.78 is 5.44. The lowest BCUT2D eigenvalue weighted by molar-refractivity contribution is 0.0908. The quantitative estimate of drug-likeness (QED) is 0.889. The molecule has 2 aromatic rings. The first-order valence-electron chi connectivity index (χ1n) is 8.89. The SMILES string of the molecule is c1ccc(Cc2noc(CN3CCN(C4CCNC4)CC3)n2)cc1. The van der Waals surface area contributed by atoms with E-state index in [9.17, 15) is 0 Å². The molecule has 0 spiro atoms. The number of hydrogen-bond donors (Lipinski definition) is 1. The Morgan fingerprint density at radius 1 is 1.12 bits per heavy atom. The van der Waals surface area contributed by atoms with Crippen LogP contribution in [0, 0.1) is 0 Å². The van der Waals surface area contributed by atoms with Crippen molar-refractivity contribution in [2.45, 2.75) is 25.4 Å². The summed E-state index contributed by atoms with van der Waals surface area (Å²) in [5.41, 5.74) is 1.21. The molecule has 1 atom stereocenters. The van der Waals surface area contributed by atoms with Crippen LogP contribution in [0.25, 0.3) is 0 Å². The molecule has 0 saturated carbocycles. The van der Waals surface area contributed by atoms with Gasteiger partial charge in [-0.2, -0.15) is 4.98 Å². The van der Waals surface area contributed by atoms with Gasteiger partial charge in [0.2, 0.25) is 5.89 Å². The molecule has 2 aliphatic heterocycles. The zero-order chi connectivity index (χ0) is 16.2. The first kappa shape index (κ1) is 15.7. The molecule has 3 heterocycles. The van der Waals surface area contributed by atoms with Crippen molar-refractivity contribution in [3.8, 4) is 0 Å². The Bertz CT molecular complexity index is 630. The molecule has 2 fully saturated rings. The summed E-state index contributed by atoms with van der Waals surface area (Å²) in [4.78, 5) is 9.58. The molecule has 6 heteroatoms. The van der Waals surface area contributed by atoms with E-state index in [1.165, 1.54) is 12.0 Å². The molecule has 0 radical (unpaired) electrons. The molecule has 6 nitrogen and oxygen atoms in total. The Balaban J connectivity index is 1.27. The Labute approximate surface area is 142 Å². The van der Waals surface area contributed by atoms with Gasteiger partial charge in [0.05, 0.1) is 6.54 Å². The van der Waals surface area contributed by atoms with Crippen LogP contribution in [-0.2, 0) is 13.0 Å². The number of nitrogens with zero attached hydrogens (tertiary/aromatic N) is 4. The molecule has 1 aromatic heterocycles. The normalized spacial score (nSPS) is 22.9. The standard InChI is InChI=1S/C18H25N5O/c1-2-4-15(5-3-1)12-17-20-18(24-21-17)14-22-8-10-23(11-9-22)16-6-7-19-13-16/h1-5,16,19H,6-14H2. The van der Waals surface area contributed by atoms with Crippen LogP contribution in [0.3, 0.4) is 0 Å². The van der Waals surface area contributed by atoms with Crippen LogP contribution in [0.4, 0.5) is 0 Å². The van der Waals surface area contributed by atoms with Crippen LogP contribution in [0.15, 0.2) is 34.9 Å². The summed E-state index contributed by atoms with van der Waals surface area (Å²) in [5.74, 6) is 1.50. The Hall–Kier alpha value is -1.76. The molecule has 2 aliphatic rings. The lowest BCUT2D eigenvalue weighted by Crippen LogP contribution is -2.50. The second-order valence-electron chi connectivity index (χ2n) is 6.73. The average molecular weight is 327 g/mol. The molecule has 24 heavy (non-hydrogen) atoms. The van der Waals surface area contributed by atoms with E-state index in [1.807, 2.05) is 18.2 Å². The van der Waals surface area contributed by atoms with Gasteiger partial charge in [0.25, 0.3) is 0 Å². The fourth-order valence-corrected chi connectivity index (χ4v) is 3.63. The van der Waals surface area contributed by atoms with Crippen LogP contribution in [0.1, 0.15) is 23.7 Å². The molecule has 1 unspecified atom stereocenters. The highest BCUT2D eigenvalue weighted by Crippen LogP contribution is 2.14. The summed E-state index contributed by atoms with van der Waals surface area (Å²) in [6, 6.07) is 11.0. The van der Waals surface area contributed by atoms with E-state index in [1.54, 1.807) is 0 Å². The predicted molar refractivity (Wildman–Crippen MR) is 91.7 cm³/mol. The molecule has 128 valence electrons. The van der Waals surface area contributed by atoms with Gasteiger partial charge in [-0.3, -0.25) is 9.80 Å². The van der Waals surface area contributed by atoms with Gasteiger partial charge in [-0.05, 0) is 18.5 Å². The lowest BCUT2D eigenvalue weighted by Gasteiger charge is -2.37. The lowest BCUT2D eigenvalue weighted by atomic mass is 10.1. The third-order valence-electron chi connectivity index (χ3n) is 5.03. The molecule has 1 aromatic carbocycles. The summed E-state index contributed by atoms with van der Waals surface area (Å²) in [6.45, 7) is 7.50. The third-order valence-corrected chi connectivity index (χ3v) is 5.03. The van der Waals surface area contributed by atoms with Gasteiger partial charge in [-0.15, -0.1) is 0 Å². The Kier molecular flexibility index (Phi) is 4.87. The van der Waals surface area contributed by atoms with E-state index in [-0.39, 0.29) is 0 Å². The van der Waals surface area contributed by atoms with Gasteiger partial charge >= 0.3 is 0 Å². The van der Waals surface area contributed by atoms with Gasteiger partial charge in [0.1, 0.15) is 0 Å². The zero-order valence-corrected chi connectivity index (χ0v) is 14.0. The second kappa shape index (κ2) is 7.42. The zero-order valence-electron chi connectivity index (χ0n) is 14.0. The minimum absolute atomic E-state index is 0.729. The number of aromatic nitrogens is 2. The average Bonchev–Trinajstić information content (AvgIpc) is 3.29. The summed E-state index contributed by atoms with van der Waals surface area (Å²) >= 11 is 0. The van der Waals surface area contributed by atoms with E-state index in [2.05, 4.69) is 37.4 Å². The molecule has 0 aliphatic carbocycles. The predicted octanol–water partition coefficient (Wildman–Crippen LogP) is 1.14. The summed E-state index contributed by atoms with van der Waals surface area (Å²) in [7, 11) is 0. The highest BCUT2D eigenvalue weighted by atomic mass is 16.5. The maximum Gasteiger partial charge on any atom is 0.240 e. The van der Waals surface area contributed by atoms with Gasteiger partial charge in [-0.1, -0.05) is 35.5 Å². The molecular formula is C18H25N5O. The minimum atomic E-state index is 0.729. The van der Waals surface area contributed by atoms with Crippen LogP contribution < -0.4 is 5.32 Å². The van der Waals surface area contributed by atoms with Crippen molar-refractivity contribution in [3.63, 3.8) is 0 Å². The largest absolute Gasteiger partial charge is 0.338 e. The maximum absolute atomic E-state index is 5.44. The Morgan fingerprint density at radius 3 is 2.71 bits per heavy atom. The third kappa shape index (κ3) is 3.83. The highest BCUT2D eigenvalue weighted by molar-refractivity contribution is 5.18. The smallest absolute Gasteiger partial charge is 0.240 e. The van der Waals surface area contributed by atoms with Crippen molar-refractivity contribution in [1.82, 2.24) is 25.3 Å². The number of hydrogen-bond acceptors (Lipinski definition) is 6. The number of benzene rings is 1. The number of nitrogens with one attached hydrogen (secondary N) is 1.